The number of hydrogen-bond acceptors (Lipinski definition) is 2. The van der Waals surface area contributed by atoms with Gasteiger partial charge in [-0.2, -0.15) is 0 Å². The molecule has 0 bridgehead atoms. The van der Waals surface area contributed by atoms with Crippen molar-refractivity contribution < 1.29 is 4.74 Å². The second-order valence-corrected chi connectivity index (χ2v) is 3.56. The maximum atomic E-state index is 6.00. The highest BCUT2D eigenvalue weighted by molar-refractivity contribution is 5.85. The van der Waals surface area contributed by atoms with E-state index in [2.05, 4.69) is 12.1 Å². The number of ether oxygens (including phenoxy) is 1. The van der Waals surface area contributed by atoms with E-state index in [4.69, 9.17) is 10.5 Å². The van der Waals surface area contributed by atoms with Gasteiger partial charge in [-0.25, -0.2) is 0 Å². The van der Waals surface area contributed by atoms with Gasteiger partial charge in [0.15, 0.2) is 0 Å². The molecule has 3 heteroatoms. The number of aryl methyl sites for hydroxylation is 1. The molecule has 0 amide bonds. The first kappa shape index (κ1) is 11.3. The van der Waals surface area contributed by atoms with Crippen LogP contribution in [0.2, 0.25) is 0 Å². The summed E-state index contributed by atoms with van der Waals surface area (Å²) in [4.78, 5) is 0. The molecule has 0 radical (unpaired) electrons. The molecule has 2 nitrogen and oxygen atoms in total. The summed E-state index contributed by atoms with van der Waals surface area (Å²) in [5.41, 5.74) is 8.65. The van der Waals surface area contributed by atoms with Gasteiger partial charge < -0.3 is 10.5 Å². The molecular weight excluding hydrogens is 198 g/mol. The van der Waals surface area contributed by atoms with Crippen molar-refractivity contribution >= 4 is 12.4 Å². The summed E-state index contributed by atoms with van der Waals surface area (Å²) in [7, 11) is 1.70. The average Bonchev–Trinajstić information content (AvgIpc) is 2.18. The van der Waals surface area contributed by atoms with Gasteiger partial charge in [-0.1, -0.05) is 6.07 Å². The van der Waals surface area contributed by atoms with Gasteiger partial charge in [0.1, 0.15) is 5.75 Å². The Bertz CT molecular complexity index is 314. The Morgan fingerprint density at radius 1 is 1.43 bits per heavy atom. The highest BCUT2D eigenvalue weighted by atomic mass is 35.5. The van der Waals surface area contributed by atoms with Crippen LogP contribution in [0.5, 0.6) is 5.75 Å². The Balaban J connectivity index is 0.000000980. The van der Waals surface area contributed by atoms with Gasteiger partial charge in [0, 0.05) is 6.04 Å². The third-order valence-corrected chi connectivity index (χ3v) is 2.71. The summed E-state index contributed by atoms with van der Waals surface area (Å²) in [5.74, 6) is 0.938. The molecular formula is C11H16ClNO. The van der Waals surface area contributed by atoms with E-state index in [-0.39, 0.29) is 18.4 Å². The molecule has 1 aromatic rings. The summed E-state index contributed by atoms with van der Waals surface area (Å²) >= 11 is 0. The van der Waals surface area contributed by atoms with E-state index in [1.807, 2.05) is 6.07 Å². The molecule has 1 unspecified atom stereocenters. The Labute approximate surface area is 90.9 Å². The van der Waals surface area contributed by atoms with Crippen LogP contribution in [0.4, 0.5) is 0 Å². The SMILES string of the molecule is COc1ccc2c(c1)CCCC2N.Cl. The predicted octanol–water partition coefficient (Wildman–Crippen LogP) is 2.45. The Morgan fingerprint density at radius 2 is 2.21 bits per heavy atom. The maximum Gasteiger partial charge on any atom is 0.119 e. The topological polar surface area (TPSA) is 35.2 Å². The zero-order valence-corrected chi connectivity index (χ0v) is 9.14. The lowest BCUT2D eigenvalue weighted by Gasteiger charge is -2.22. The molecule has 2 rings (SSSR count). The van der Waals surface area contributed by atoms with E-state index in [1.165, 1.54) is 17.5 Å². The zero-order valence-electron chi connectivity index (χ0n) is 8.32. The van der Waals surface area contributed by atoms with Gasteiger partial charge in [-0.3, -0.25) is 0 Å². The molecule has 78 valence electrons. The molecule has 0 aromatic heterocycles. The molecule has 1 aliphatic carbocycles. The van der Waals surface area contributed by atoms with Gasteiger partial charge in [0.2, 0.25) is 0 Å². The standard InChI is InChI=1S/C11H15NO.ClH/c1-13-9-5-6-10-8(7-9)3-2-4-11(10)12;/h5-7,11H,2-4,12H2,1H3;1H. The lowest BCUT2D eigenvalue weighted by molar-refractivity contribution is 0.413. The van der Waals surface area contributed by atoms with Crippen molar-refractivity contribution in [2.24, 2.45) is 5.73 Å². The summed E-state index contributed by atoms with van der Waals surface area (Å²) in [6.07, 6.45) is 3.45. The fourth-order valence-electron chi connectivity index (χ4n) is 1.96. The van der Waals surface area contributed by atoms with Crippen molar-refractivity contribution in [3.63, 3.8) is 0 Å². The smallest absolute Gasteiger partial charge is 0.119 e. The second kappa shape index (κ2) is 4.67. The van der Waals surface area contributed by atoms with Gasteiger partial charge >= 0.3 is 0 Å². The second-order valence-electron chi connectivity index (χ2n) is 3.56. The first-order valence-corrected chi connectivity index (χ1v) is 4.73. The lowest BCUT2D eigenvalue weighted by Crippen LogP contribution is -2.17. The monoisotopic (exact) mass is 213 g/mol. The Hall–Kier alpha value is -0.730. The highest BCUT2D eigenvalue weighted by Gasteiger charge is 2.16. The van der Waals surface area contributed by atoms with Gasteiger partial charge in [0.25, 0.3) is 0 Å². The van der Waals surface area contributed by atoms with E-state index < -0.39 is 0 Å². The minimum absolute atomic E-state index is 0. The molecule has 0 aliphatic heterocycles. The molecule has 2 N–H and O–H groups in total. The van der Waals surface area contributed by atoms with Crippen LogP contribution in [0.3, 0.4) is 0 Å². The van der Waals surface area contributed by atoms with Crippen LogP contribution in [0.25, 0.3) is 0 Å². The van der Waals surface area contributed by atoms with Crippen LogP contribution < -0.4 is 10.5 Å². The fourth-order valence-corrected chi connectivity index (χ4v) is 1.96. The highest BCUT2D eigenvalue weighted by Crippen LogP contribution is 2.30. The first-order chi connectivity index (χ1) is 6.31. The number of rotatable bonds is 1. The molecule has 1 aliphatic rings. The first-order valence-electron chi connectivity index (χ1n) is 4.73. The zero-order chi connectivity index (χ0) is 9.26. The molecule has 1 aromatic carbocycles. The summed E-state index contributed by atoms with van der Waals surface area (Å²) in [5, 5.41) is 0. The number of halogens is 1. The Morgan fingerprint density at radius 3 is 2.93 bits per heavy atom. The van der Waals surface area contributed by atoms with Crippen molar-refractivity contribution in [3.05, 3.63) is 29.3 Å². The van der Waals surface area contributed by atoms with Crippen LogP contribution in [0.15, 0.2) is 18.2 Å². The number of nitrogens with two attached hydrogens (primary N) is 1. The third-order valence-electron chi connectivity index (χ3n) is 2.71. The van der Waals surface area contributed by atoms with Crippen molar-refractivity contribution in [2.45, 2.75) is 25.3 Å². The fraction of sp³-hybridized carbons (Fsp3) is 0.455. The molecule has 0 saturated heterocycles. The molecule has 0 heterocycles. The average molecular weight is 214 g/mol. The normalized spacial score (nSPS) is 19.4. The van der Waals surface area contributed by atoms with Gasteiger partial charge in [-0.05, 0) is 42.5 Å². The van der Waals surface area contributed by atoms with E-state index in [0.717, 1.165) is 18.6 Å². The molecule has 1 atom stereocenters. The maximum absolute atomic E-state index is 6.00. The quantitative estimate of drug-likeness (QED) is 0.778. The summed E-state index contributed by atoms with van der Waals surface area (Å²) in [6, 6.07) is 6.42. The van der Waals surface area contributed by atoms with Crippen LogP contribution in [-0.2, 0) is 6.42 Å². The van der Waals surface area contributed by atoms with Crippen molar-refractivity contribution in [1.82, 2.24) is 0 Å². The minimum Gasteiger partial charge on any atom is -0.497 e. The van der Waals surface area contributed by atoms with Crippen molar-refractivity contribution in [3.8, 4) is 5.75 Å². The largest absolute Gasteiger partial charge is 0.497 e. The minimum atomic E-state index is 0. The van der Waals surface area contributed by atoms with Crippen LogP contribution in [0.1, 0.15) is 30.0 Å². The van der Waals surface area contributed by atoms with E-state index in [0.29, 0.717) is 0 Å². The third kappa shape index (κ3) is 2.02. The van der Waals surface area contributed by atoms with Crippen molar-refractivity contribution in [2.75, 3.05) is 7.11 Å². The van der Waals surface area contributed by atoms with Gasteiger partial charge in [-0.15, -0.1) is 12.4 Å². The van der Waals surface area contributed by atoms with E-state index in [1.54, 1.807) is 7.11 Å². The molecule has 0 fully saturated rings. The predicted molar refractivity (Wildman–Crippen MR) is 60.1 cm³/mol. The molecule has 0 spiro atoms. The Kier molecular flexibility index (Phi) is 3.78. The van der Waals surface area contributed by atoms with Crippen molar-refractivity contribution in [1.29, 1.82) is 0 Å². The van der Waals surface area contributed by atoms with E-state index >= 15 is 0 Å². The van der Waals surface area contributed by atoms with E-state index in [9.17, 15) is 0 Å². The number of fused-ring (bicyclic) bond motifs is 1. The molecule has 0 saturated carbocycles. The van der Waals surface area contributed by atoms with Crippen LogP contribution >= 0.6 is 12.4 Å². The number of hydrogen-bond donors (Lipinski definition) is 1. The van der Waals surface area contributed by atoms with Crippen LogP contribution in [-0.4, -0.2) is 7.11 Å². The number of benzene rings is 1. The summed E-state index contributed by atoms with van der Waals surface area (Å²) in [6.45, 7) is 0. The molecule has 14 heavy (non-hydrogen) atoms. The number of methoxy groups -OCH3 is 1. The summed E-state index contributed by atoms with van der Waals surface area (Å²) < 4.78 is 5.17. The van der Waals surface area contributed by atoms with Gasteiger partial charge in [0.05, 0.1) is 7.11 Å². The lowest BCUT2D eigenvalue weighted by atomic mass is 9.88. The van der Waals surface area contributed by atoms with Crippen LogP contribution in [0, 0.1) is 0 Å².